The zero-order chi connectivity index (χ0) is 16.1. The Bertz CT molecular complexity index is 721. The molecule has 0 aliphatic carbocycles. The van der Waals surface area contributed by atoms with E-state index in [1.807, 2.05) is 0 Å². The number of nitrogens with zero attached hydrogens (tertiary/aromatic N) is 3. The van der Waals surface area contributed by atoms with Crippen LogP contribution in [0.1, 0.15) is 23.1 Å². The van der Waals surface area contributed by atoms with Gasteiger partial charge >= 0.3 is 5.97 Å². The fraction of sp³-hybridized carbons (Fsp3) is 0.214. The number of hydrogen-bond acceptors (Lipinski definition) is 7. The maximum absolute atomic E-state index is 11.9. The number of ether oxygens (including phenoxy) is 1. The third-order valence-electron chi connectivity index (χ3n) is 2.64. The van der Waals surface area contributed by atoms with Gasteiger partial charge in [0, 0.05) is 12.3 Å². The monoisotopic (exact) mass is 319 g/mol. The van der Waals surface area contributed by atoms with Gasteiger partial charge in [-0.05, 0) is 19.9 Å². The number of aryl methyl sites for hydroxylation is 1. The lowest BCUT2D eigenvalue weighted by Gasteiger charge is -2.08. The summed E-state index contributed by atoms with van der Waals surface area (Å²) >= 11 is 1.04. The quantitative estimate of drug-likeness (QED) is 0.362. The van der Waals surface area contributed by atoms with E-state index in [-0.39, 0.29) is 17.9 Å². The Balaban J connectivity index is 2.43. The third kappa shape index (κ3) is 3.59. The van der Waals surface area contributed by atoms with E-state index >= 15 is 0 Å². The first-order valence-electron chi connectivity index (χ1n) is 6.45. The number of benzene rings is 1. The number of aromatic nitrogens is 2. The summed E-state index contributed by atoms with van der Waals surface area (Å²) in [5.74, 6) is -0.0854. The van der Waals surface area contributed by atoms with Crippen LogP contribution in [-0.4, -0.2) is 27.5 Å². The molecule has 0 saturated heterocycles. The Kier molecular flexibility index (Phi) is 5.05. The molecular formula is C14H13N3O4S. The smallest absolute Gasteiger partial charge is 0.342 e. The molecule has 0 aliphatic heterocycles. The minimum Gasteiger partial charge on any atom is -0.462 e. The average molecular weight is 319 g/mol. The topological polar surface area (TPSA) is 95.2 Å². The molecule has 8 heteroatoms. The van der Waals surface area contributed by atoms with E-state index in [4.69, 9.17) is 4.74 Å². The number of esters is 1. The lowest BCUT2D eigenvalue weighted by Crippen LogP contribution is -2.09. The predicted molar refractivity (Wildman–Crippen MR) is 79.9 cm³/mol. The van der Waals surface area contributed by atoms with Crippen molar-refractivity contribution in [3.63, 3.8) is 0 Å². The van der Waals surface area contributed by atoms with Gasteiger partial charge in [0.15, 0.2) is 0 Å². The van der Waals surface area contributed by atoms with E-state index in [1.165, 1.54) is 12.3 Å². The maximum atomic E-state index is 11.9. The highest BCUT2D eigenvalue weighted by Crippen LogP contribution is 2.35. The zero-order valence-electron chi connectivity index (χ0n) is 12.0. The van der Waals surface area contributed by atoms with Crippen LogP contribution in [0.15, 0.2) is 40.4 Å². The van der Waals surface area contributed by atoms with E-state index in [2.05, 4.69) is 9.97 Å². The zero-order valence-corrected chi connectivity index (χ0v) is 12.8. The second kappa shape index (κ2) is 6.99. The molecule has 0 unspecified atom stereocenters. The number of rotatable bonds is 5. The van der Waals surface area contributed by atoms with Gasteiger partial charge in [-0.15, -0.1) is 0 Å². The molecule has 2 aromatic rings. The fourth-order valence-corrected chi connectivity index (χ4v) is 2.70. The average Bonchev–Trinajstić information content (AvgIpc) is 2.48. The minimum absolute atomic E-state index is 0.0430. The van der Waals surface area contributed by atoms with Crippen molar-refractivity contribution in [1.82, 2.24) is 9.97 Å². The summed E-state index contributed by atoms with van der Waals surface area (Å²) in [5, 5.41) is 11.4. The standard InChI is InChI=1S/C14H13N3O4S/c1-3-21-14(18)10-8-15-9(2)16-13(10)22-12-7-5-4-6-11(12)17(19)20/h4-8H,3H2,1-2H3. The van der Waals surface area contributed by atoms with Gasteiger partial charge < -0.3 is 4.74 Å². The van der Waals surface area contributed by atoms with Crippen LogP contribution in [0.4, 0.5) is 5.69 Å². The molecule has 1 aromatic heterocycles. The molecule has 1 aromatic carbocycles. The number of hydrogen-bond donors (Lipinski definition) is 0. The van der Waals surface area contributed by atoms with Crippen molar-refractivity contribution >= 4 is 23.4 Å². The van der Waals surface area contributed by atoms with Gasteiger partial charge in [-0.25, -0.2) is 14.8 Å². The summed E-state index contributed by atoms with van der Waals surface area (Å²) in [7, 11) is 0. The molecule has 0 N–H and O–H groups in total. The maximum Gasteiger partial charge on any atom is 0.342 e. The molecule has 0 fully saturated rings. The van der Waals surface area contributed by atoms with Crippen LogP contribution >= 0.6 is 11.8 Å². The highest BCUT2D eigenvalue weighted by molar-refractivity contribution is 7.99. The third-order valence-corrected chi connectivity index (χ3v) is 3.71. The SMILES string of the molecule is CCOC(=O)c1cnc(C)nc1Sc1ccccc1[N+](=O)[O-]. The first-order chi connectivity index (χ1) is 10.5. The Morgan fingerprint density at radius 2 is 2.14 bits per heavy atom. The van der Waals surface area contributed by atoms with Crippen LogP contribution in [0.3, 0.4) is 0 Å². The van der Waals surface area contributed by atoms with Gasteiger partial charge in [-0.3, -0.25) is 10.1 Å². The van der Waals surface area contributed by atoms with E-state index in [1.54, 1.807) is 32.0 Å². The largest absolute Gasteiger partial charge is 0.462 e. The van der Waals surface area contributed by atoms with Crippen LogP contribution in [-0.2, 0) is 4.74 Å². The van der Waals surface area contributed by atoms with Crippen molar-refractivity contribution in [1.29, 1.82) is 0 Å². The Morgan fingerprint density at radius 3 is 2.82 bits per heavy atom. The van der Waals surface area contributed by atoms with Crippen LogP contribution in [0.5, 0.6) is 0 Å². The van der Waals surface area contributed by atoms with E-state index in [9.17, 15) is 14.9 Å². The Labute approximate surface area is 130 Å². The van der Waals surface area contributed by atoms with Crippen molar-refractivity contribution in [3.05, 3.63) is 52.0 Å². The van der Waals surface area contributed by atoms with Crippen molar-refractivity contribution < 1.29 is 14.5 Å². The first kappa shape index (κ1) is 15.9. The molecule has 1 heterocycles. The van der Waals surface area contributed by atoms with Gasteiger partial charge in [0.05, 0.1) is 16.4 Å². The molecule has 2 rings (SSSR count). The van der Waals surface area contributed by atoms with Crippen molar-refractivity contribution in [2.75, 3.05) is 6.61 Å². The number of carbonyl (C=O) groups excluding carboxylic acids is 1. The summed E-state index contributed by atoms with van der Waals surface area (Å²) < 4.78 is 4.96. The van der Waals surface area contributed by atoms with Gasteiger partial charge in [0.25, 0.3) is 5.69 Å². The molecule has 0 atom stereocenters. The lowest BCUT2D eigenvalue weighted by molar-refractivity contribution is -0.387. The first-order valence-corrected chi connectivity index (χ1v) is 7.26. The minimum atomic E-state index is -0.552. The lowest BCUT2D eigenvalue weighted by atomic mass is 10.3. The normalized spacial score (nSPS) is 10.3. The van der Waals surface area contributed by atoms with Gasteiger partial charge in [0.1, 0.15) is 16.4 Å². The van der Waals surface area contributed by atoms with Crippen molar-refractivity contribution in [2.45, 2.75) is 23.8 Å². The molecule has 0 bridgehead atoms. The molecule has 0 aliphatic rings. The second-order valence-corrected chi connectivity index (χ2v) is 5.21. The van der Waals surface area contributed by atoms with E-state index in [0.717, 1.165) is 11.8 Å². The summed E-state index contributed by atoms with van der Waals surface area (Å²) in [5.41, 5.74) is 0.147. The van der Waals surface area contributed by atoms with Crippen LogP contribution in [0.25, 0.3) is 0 Å². The summed E-state index contributed by atoms with van der Waals surface area (Å²) in [6.07, 6.45) is 1.37. The van der Waals surface area contributed by atoms with Crippen molar-refractivity contribution in [2.24, 2.45) is 0 Å². The second-order valence-electron chi connectivity index (χ2n) is 4.18. The molecule has 0 amide bonds. The van der Waals surface area contributed by atoms with Gasteiger partial charge in [0.2, 0.25) is 0 Å². The molecule has 0 saturated carbocycles. The van der Waals surface area contributed by atoms with Crippen molar-refractivity contribution in [3.8, 4) is 0 Å². The number of nitro groups is 1. The van der Waals surface area contributed by atoms with Gasteiger partial charge in [-0.2, -0.15) is 0 Å². The van der Waals surface area contributed by atoms with Crippen LogP contribution in [0.2, 0.25) is 0 Å². The molecule has 0 radical (unpaired) electrons. The predicted octanol–water partition coefficient (Wildman–Crippen LogP) is 3.02. The molecule has 7 nitrogen and oxygen atoms in total. The summed E-state index contributed by atoms with van der Waals surface area (Å²) in [4.78, 5) is 31.1. The molecule has 114 valence electrons. The Morgan fingerprint density at radius 1 is 1.41 bits per heavy atom. The van der Waals surface area contributed by atoms with Crippen LogP contribution < -0.4 is 0 Å². The number of para-hydroxylation sites is 1. The number of carbonyl (C=O) groups is 1. The highest BCUT2D eigenvalue weighted by Gasteiger charge is 2.20. The Hall–Kier alpha value is -2.48. The van der Waals surface area contributed by atoms with E-state index < -0.39 is 10.9 Å². The number of nitro benzene ring substituents is 1. The van der Waals surface area contributed by atoms with Gasteiger partial charge in [-0.1, -0.05) is 23.9 Å². The highest BCUT2D eigenvalue weighted by atomic mass is 32.2. The molecule has 0 spiro atoms. The molecular weight excluding hydrogens is 306 g/mol. The molecule has 22 heavy (non-hydrogen) atoms. The summed E-state index contributed by atoms with van der Waals surface area (Å²) in [6, 6.07) is 6.28. The van der Waals surface area contributed by atoms with E-state index in [0.29, 0.717) is 15.7 Å². The summed E-state index contributed by atoms with van der Waals surface area (Å²) in [6.45, 7) is 3.60. The van der Waals surface area contributed by atoms with Crippen LogP contribution in [0, 0.1) is 17.0 Å². The fourth-order valence-electron chi connectivity index (χ4n) is 1.67.